The molecule has 0 radical (unpaired) electrons. The Morgan fingerprint density at radius 2 is 2.14 bits per heavy atom. The SMILES string of the molecule is C=CCCC(CN1CCSCC1)Oc1ccc(N(C)C)nn1. The fourth-order valence-electron chi connectivity index (χ4n) is 2.35. The molecule has 22 heavy (non-hydrogen) atoms. The molecule has 1 aliphatic rings. The molecule has 1 atom stereocenters. The van der Waals surface area contributed by atoms with Gasteiger partial charge < -0.3 is 9.64 Å². The van der Waals surface area contributed by atoms with Crippen LogP contribution in [-0.4, -0.2) is 66.4 Å². The first kappa shape index (κ1) is 17.1. The van der Waals surface area contributed by atoms with Gasteiger partial charge in [-0.05, 0) is 18.9 Å². The van der Waals surface area contributed by atoms with E-state index in [0.717, 1.165) is 38.3 Å². The standard InChI is InChI=1S/C16H26N4OS/c1-4-5-6-14(13-20-9-11-22-12-10-20)21-16-8-7-15(17-18-16)19(2)3/h4,7-8,14H,1,5-6,9-13H2,2-3H3. The third kappa shape index (κ3) is 5.50. The zero-order valence-electron chi connectivity index (χ0n) is 13.6. The zero-order valence-corrected chi connectivity index (χ0v) is 14.4. The molecule has 0 amide bonds. The number of aromatic nitrogens is 2. The Hall–Kier alpha value is -1.27. The molecule has 2 rings (SSSR count). The third-order valence-electron chi connectivity index (χ3n) is 3.63. The van der Waals surface area contributed by atoms with Crippen LogP contribution in [0.2, 0.25) is 0 Å². The third-order valence-corrected chi connectivity index (χ3v) is 4.57. The number of nitrogens with zero attached hydrogens (tertiary/aromatic N) is 4. The van der Waals surface area contributed by atoms with Crippen LogP contribution < -0.4 is 9.64 Å². The number of allylic oxidation sites excluding steroid dienone is 1. The van der Waals surface area contributed by atoms with Crippen LogP contribution in [0.3, 0.4) is 0 Å². The molecule has 0 N–H and O–H groups in total. The highest BCUT2D eigenvalue weighted by molar-refractivity contribution is 7.99. The van der Waals surface area contributed by atoms with Gasteiger partial charge in [0, 0.05) is 51.3 Å². The first-order valence-corrected chi connectivity index (χ1v) is 8.93. The van der Waals surface area contributed by atoms with Crippen molar-refractivity contribution in [2.45, 2.75) is 18.9 Å². The van der Waals surface area contributed by atoms with E-state index in [1.807, 2.05) is 49.0 Å². The quantitative estimate of drug-likeness (QED) is 0.684. The fourth-order valence-corrected chi connectivity index (χ4v) is 3.33. The Balaban J connectivity index is 1.93. The Labute approximate surface area is 137 Å². The number of ether oxygens (including phenoxy) is 1. The van der Waals surface area contributed by atoms with Gasteiger partial charge in [-0.2, -0.15) is 11.8 Å². The molecule has 1 aromatic rings. The molecule has 1 aliphatic heterocycles. The summed E-state index contributed by atoms with van der Waals surface area (Å²) in [7, 11) is 3.90. The monoisotopic (exact) mass is 322 g/mol. The summed E-state index contributed by atoms with van der Waals surface area (Å²) >= 11 is 2.03. The molecule has 2 heterocycles. The van der Waals surface area contributed by atoms with Crippen LogP contribution in [0, 0.1) is 0 Å². The van der Waals surface area contributed by atoms with Gasteiger partial charge in [0.15, 0.2) is 5.82 Å². The predicted octanol–water partition coefficient (Wildman–Crippen LogP) is 2.31. The predicted molar refractivity (Wildman–Crippen MR) is 94.0 cm³/mol. The molecule has 0 spiro atoms. The lowest BCUT2D eigenvalue weighted by molar-refractivity contribution is 0.126. The van der Waals surface area contributed by atoms with E-state index >= 15 is 0 Å². The van der Waals surface area contributed by atoms with Crippen LogP contribution >= 0.6 is 11.8 Å². The summed E-state index contributed by atoms with van der Waals surface area (Å²) < 4.78 is 6.07. The topological polar surface area (TPSA) is 41.5 Å². The van der Waals surface area contributed by atoms with E-state index < -0.39 is 0 Å². The van der Waals surface area contributed by atoms with Gasteiger partial charge in [0.2, 0.25) is 5.88 Å². The molecule has 0 aromatic carbocycles. The molecule has 5 nitrogen and oxygen atoms in total. The van der Waals surface area contributed by atoms with E-state index in [1.165, 1.54) is 11.5 Å². The minimum atomic E-state index is 0.139. The van der Waals surface area contributed by atoms with Crippen LogP contribution in [0.4, 0.5) is 5.82 Å². The van der Waals surface area contributed by atoms with Gasteiger partial charge in [0.25, 0.3) is 0 Å². The summed E-state index contributed by atoms with van der Waals surface area (Å²) in [5, 5.41) is 8.35. The van der Waals surface area contributed by atoms with E-state index in [0.29, 0.717) is 5.88 Å². The molecule has 122 valence electrons. The highest BCUT2D eigenvalue weighted by atomic mass is 32.2. The van der Waals surface area contributed by atoms with Gasteiger partial charge in [0.1, 0.15) is 6.10 Å². The van der Waals surface area contributed by atoms with Crippen molar-refractivity contribution < 1.29 is 4.74 Å². The molecule has 0 bridgehead atoms. The van der Waals surface area contributed by atoms with Crippen LogP contribution in [-0.2, 0) is 0 Å². The summed E-state index contributed by atoms with van der Waals surface area (Å²) in [5.74, 6) is 3.87. The van der Waals surface area contributed by atoms with E-state index in [1.54, 1.807) is 0 Å². The van der Waals surface area contributed by atoms with Gasteiger partial charge in [-0.3, -0.25) is 4.90 Å². The summed E-state index contributed by atoms with van der Waals surface area (Å²) in [6, 6.07) is 3.83. The Morgan fingerprint density at radius 3 is 2.73 bits per heavy atom. The lowest BCUT2D eigenvalue weighted by Gasteiger charge is -2.30. The lowest BCUT2D eigenvalue weighted by atomic mass is 10.2. The Kier molecular flexibility index (Phi) is 6.99. The summed E-state index contributed by atoms with van der Waals surface area (Å²) in [6.07, 6.45) is 4.00. The largest absolute Gasteiger partial charge is 0.472 e. The Morgan fingerprint density at radius 1 is 1.36 bits per heavy atom. The number of hydrogen-bond acceptors (Lipinski definition) is 6. The molecule has 0 saturated carbocycles. The number of hydrogen-bond donors (Lipinski definition) is 0. The number of anilines is 1. The second kappa shape index (κ2) is 9.00. The fraction of sp³-hybridized carbons (Fsp3) is 0.625. The van der Waals surface area contributed by atoms with Crippen molar-refractivity contribution in [3.05, 3.63) is 24.8 Å². The van der Waals surface area contributed by atoms with E-state index in [-0.39, 0.29) is 6.10 Å². The average molecular weight is 322 g/mol. The summed E-state index contributed by atoms with van der Waals surface area (Å²) in [4.78, 5) is 4.41. The highest BCUT2D eigenvalue weighted by Gasteiger charge is 2.18. The molecule has 1 unspecified atom stereocenters. The minimum absolute atomic E-state index is 0.139. The van der Waals surface area contributed by atoms with Gasteiger partial charge in [-0.25, -0.2) is 0 Å². The normalized spacial score (nSPS) is 17.0. The maximum Gasteiger partial charge on any atom is 0.233 e. The molecular formula is C16H26N4OS. The van der Waals surface area contributed by atoms with Crippen molar-refractivity contribution in [1.82, 2.24) is 15.1 Å². The lowest BCUT2D eigenvalue weighted by Crippen LogP contribution is -2.40. The van der Waals surface area contributed by atoms with E-state index in [2.05, 4.69) is 21.7 Å². The summed E-state index contributed by atoms with van der Waals surface area (Å²) in [6.45, 7) is 7.05. The van der Waals surface area contributed by atoms with Crippen LogP contribution in [0.5, 0.6) is 5.88 Å². The second-order valence-electron chi connectivity index (χ2n) is 5.64. The molecule has 1 fully saturated rings. The number of rotatable bonds is 8. The Bertz CT molecular complexity index is 446. The molecule has 1 aromatic heterocycles. The zero-order chi connectivity index (χ0) is 15.8. The van der Waals surface area contributed by atoms with Crippen molar-refractivity contribution in [1.29, 1.82) is 0 Å². The van der Waals surface area contributed by atoms with Crippen molar-refractivity contribution >= 4 is 17.6 Å². The van der Waals surface area contributed by atoms with Crippen LogP contribution in [0.1, 0.15) is 12.8 Å². The smallest absolute Gasteiger partial charge is 0.233 e. The first-order valence-electron chi connectivity index (χ1n) is 7.77. The van der Waals surface area contributed by atoms with E-state index in [4.69, 9.17) is 4.74 Å². The van der Waals surface area contributed by atoms with E-state index in [9.17, 15) is 0 Å². The van der Waals surface area contributed by atoms with Gasteiger partial charge >= 0.3 is 0 Å². The first-order chi connectivity index (χ1) is 10.7. The molecule has 6 heteroatoms. The maximum atomic E-state index is 6.07. The van der Waals surface area contributed by atoms with Crippen molar-refractivity contribution in [3.8, 4) is 5.88 Å². The summed E-state index contributed by atoms with van der Waals surface area (Å²) in [5.41, 5.74) is 0. The maximum absolute atomic E-state index is 6.07. The molecule has 0 aliphatic carbocycles. The highest BCUT2D eigenvalue weighted by Crippen LogP contribution is 2.16. The van der Waals surface area contributed by atoms with Gasteiger partial charge in [0.05, 0.1) is 0 Å². The number of thioether (sulfide) groups is 1. The second-order valence-corrected chi connectivity index (χ2v) is 6.87. The van der Waals surface area contributed by atoms with Crippen molar-refractivity contribution in [2.24, 2.45) is 0 Å². The van der Waals surface area contributed by atoms with Crippen molar-refractivity contribution in [3.63, 3.8) is 0 Å². The van der Waals surface area contributed by atoms with Crippen molar-refractivity contribution in [2.75, 3.05) is 50.1 Å². The van der Waals surface area contributed by atoms with Gasteiger partial charge in [-0.1, -0.05) is 6.08 Å². The average Bonchev–Trinajstić information content (AvgIpc) is 2.54. The van der Waals surface area contributed by atoms with Crippen LogP contribution in [0.25, 0.3) is 0 Å². The minimum Gasteiger partial charge on any atom is -0.472 e. The van der Waals surface area contributed by atoms with Crippen LogP contribution in [0.15, 0.2) is 24.8 Å². The van der Waals surface area contributed by atoms with Gasteiger partial charge in [-0.15, -0.1) is 16.8 Å². The molecule has 1 saturated heterocycles. The molecular weight excluding hydrogens is 296 g/mol.